The molecule has 0 saturated heterocycles. The molecule has 164 valence electrons. The number of phenols is 2. The number of nitrogens with two attached hydrogens (primary N) is 1. The molecule has 3 rings (SSSR count). The monoisotopic (exact) mass is 411 g/mol. The number of aromatic hydroxyl groups is 2. The Kier molecular flexibility index (Phi) is 8.40. The SMILES string of the molecule is CCCCCCCCCCNCC(N)Cn1c2ccc(O)cc2c2cc(O)ccc21. The lowest BCUT2D eigenvalue weighted by molar-refractivity contribution is 0.475. The van der Waals surface area contributed by atoms with E-state index < -0.39 is 0 Å². The van der Waals surface area contributed by atoms with Crippen LogP contribution in [0.1, 0.15) is 58.3 Å². The summed E-state index contributed by atoms with van der Waals surface area (Å²) in [6.07, 6.45) is 10.6. The molecule has 1 atom stereocenters. The Balaban J connectivity index is 1.50. The van der Waals surface area contributed by atoms with Crippen molar-refractivity contribution < 1.29 is 10.2 Å². The molecule has 30 heavy (non-hydrogen) atoms. The van der Waals surface area contributed by atoms with Crippen molar-refractivity contribution in [3.05, 3.63) is 36.4 Å². The molecule has 5 heteroatoms. The maximum absolute atomic E-state index is 9.90. The van der Waals surface area contributed by atoms with Gasteiger partial charge in [0.2, 0.25) is 0 Å². The van der Waals surface area contributed by atoms with Gasteiger partial charge in [-0.1, -0.05) is 51.9 Å². The van der Waals surface area contributed by atoms with Gasteiger partial charge < -0.3 is 25.8 Å². The second kappa shape index (κ2) is 11.2. The molecule has 1 heterocycles. The highest BCUT2D eigenvalue weighted by Gasteiger charge is 2.14. The highest BCUT2D eigenvalue weighted by molar-refractivity contribution is 6.09. The molecule has 0 radical (unpaired) electrons. The van der Waals surface area contributed by atoms with Gasteiger partial charge in [-0.15, -0.1) is 0 Å². The van der Waals surface area contributed by atoms with Crippen LogP contribution in [-0.2, 0) is 6.54 Å². The molecular formula is C25H37N3O2. The van der Waals surface area contributed by atoms with Crippen molar-refractivity contribution in [2.24, 2.45) is 5.73 Å². The summed E-state index contributed by atoms with van der Waals surface area (Å²) in [5.74, 6) is 0.447. The third-order valence-electron chi connectivity index (χ3n) is 5.86. The molecule has 1 aromatic heterocycles. The van der Waals surface area contributed by atoms with Crippen LogP contribution < -0.4 is 11.1 Å². The van der Waals surface area contributed by atoms with Crippen LogP contribution in [0, 0.1) is 0 Å². The molecule has 0 saturated carbocycles. The number of rotatable bonds is 13. The van der Waals surface area contributed by atoms with Crippen LogP contribution in [0.2, 0.25) is 0 Å². The van der Waals surface area contributed by atoms with E-state index in [2.05, 4.69) is 16.8 Å². The first-order valence-electron chi connectivity index (χ1n) is 11.5. The Morgan fingerprint density at radius 2 is 1.37 bits per heavy atom. The van der Waals surface area contributed by atoms with Crippen molar-refractivity contribution in [1.82, 2.24) is 9.88 Å². The Morgan fingerprint density at radius 1 is 0.833 bits per heavy atom. The lowest BCUT2D eigenvalue weighted by Crippen LogP contribution is -2.37. The quantitative estimate of drug-likeness (QED) is 0.289. The highest BCUT2D eigenvalue weighted by atomic mass is 16.3. The summed E-state index contributed by atoms with van der Waals surface area (Å²) in [4.78, 5) is 0. The normalized spacial score (nSPS) is 12.7. The van der Waals surface area contributed by atoms with Gasteiger partial charge in [0.15, 0.2) is 0 Å². The summed E-state index contributed by atoms with van der Waals surface area (Å²) in [6, 6.07) is 10.7. The van der Waals surface area contributed by atoms with Gasteiger partial charge in [-0.3, -0.25) is 0 Å². The number of phenolic OH excluding ortho intramolecular Hbond substituents is 2. The fraction of sp³-hybridized carbons (Fsp3) is 0.520. The number of nitrogens with zero attached hydrogens (tertiary/aromatic N) is 1. The average molecular weight is 412 g/mol. The van der Waals surface area contributed by atoms with Crippen molar-refractivity contribution >= 4 is 21.8 Å². The van der Waals surface area contributed by atoms with E-state index in [1.54, 1.807) is 24.3 Å². The average Bonchev–Trinajstić information content (AvgIpc) is 3.01. The zero-order valence-electron chi connectivity index (χ0n) is 18.2. The molecule has 0 aliphatic heterocycles. The lowest BCUT2D eigenvalue weighted by Gasteiger charge is -2.16. The zero-order chi connectivity index (χ0) is 21.3. The molecule has 5 N–H and O–H groups in total. The number of nitrogens with one attached hydrogen (secondary N) is 1. The van der Waals surface area contributed by atoms with Crippen LogP contribution >= 0.6 is 0 Å². The predicted molar refractivity (Wildman–Crippen MR) is 126 cm³/mol. The van der Waals surface area contributed by atoms with E-state index in [0.717, 1.165) is 34.9 Å². The Morgan fingerprint density at radius 3 is 1.93 bits per heavy atom. The van der Waals surface area contributed by atoms with Crippen LogP contribution in [0.4, 0.5) is 0 Å². The van der Waals surface area contributed by atoms with Crippen LogP contribution in [0.25, 0.3) is 21.8 Å². The van der Waals surface area contributed by atoms with Crippen molar-refractivity contribution in [2.75, 3.05) is 13.1 Å². The Labute approximate surface area is 179 Å². The zero-order valence-corrected chi connectivity index (χ0v) is 18.2. The van der Waals surface area contributed by atoms with Gasteiger partial charge in [-0.25, -0.2) is 0 Å². The van der Waals surface area contributed by atoms with Gasteiger partial charge in [0.1, 0.15) is 11.5 Å². The summed E-state index contributed by atoms with van der Waals surface area (Å²) in [6.45, 7) is 4.72. The van der Waals surface area contributed by atoms with Crippen molar-refractivity contribution in [3.63, 3.8) is 0 Å². The summed E-state index contributed by atoms with van der Waals surface area (Å²) in [5.41, 5.74) is 8.47. The first-order chi connectivity index (χ1) is 14.6. The number of fused-ring (bicyclic) bond motifs is 3. The molecule has 0 fully saturated rings. The number of benzene rings is 2. The van der Waals surface area contributed by atoms with E-state index in [-0.39, 0.29) is 17.5 Å². The fourth-order valence-electron chi connectivity index (χ4n) is 4.25. The minimum atomic E-state index is -0.0135. The van der Waals surface area contributed by atoms with Gasteiger partial charge in [-0.2, -0.15) is 0 Å². The summed E-state index contributed by atoms with van der Waals surface area (Å²) in [5, 5.41) is 25.2. The van der Waals surface area contributed by atoms with Gasteiger partial charge in [0.05, 0.1) is 0 Å². The number of hydrogen-bond acceptors (Lipinski definition) is 4. The summed E-state index contributed by atoms with van der Waals surface area (Å²) >= 11 is 0. The van der Waals surface area contributed by atoms with Gasteiger partial charge >= 0.3 is 0 Å². The fourth-order valence-corrected chi connectivity index (χ4v) is 4.25. The van der Waals surface area contributed by atoms with Crippen LogP contribution in [0.5, 0.6) is 11.5 Å². The van der Waals surface area contributed by atoms with E-state index in [1.165, 1.54) is 51.4 Å². The van der Waals surface area contributed by atoms with Crippen LogP contribution in [-0.4, -0.2) is 33.9 Å². The third-order valence-corrected chi connectivity index (χ3v) is 5.86. The highest BCUT2D eigenvalue weighted by Crippen LogP contribution is 2.33. The van der Waals surface area contributed by atoms with Crippen molar-refractivity contribution in [2.45, 2.75) is 70.9 Å². The second-order valence-corrected chi connectivity index (χ2v) is 8.45. The third kappa shape index (κ3) is 5.89. The molecule has 1 unspecified atom stereocenters. The smallest absolute Gasteiger partial charge is 0.116 e. The molecule has 0 spiro atoms. The molecule has 2 aromatic carbocycles. The largest absolute Gasteiger partial charge is 0.508 e. The maximum atomic E-state index is 9.90. The standard InChI is InChI=1S/C25H37N3O2/c1-2-3-4-5-6-7-8-9-14-27-17-19(26)18-28-24-12-10-20(29)15-22(24)23-16-21(30)11-13-25(23)28/h10-13,15-16,19,27,29-30H,2-9,14,17-18,26H2,1H3. The lowest BCUT2D eigenvalue weighted by atomic mass is 10.1. The van der Waals surface area contributed by atoms with Gasteiger partial charge in [0.25, 0.3) is 0 Å². The summed E-state index contributed by atoms with van der Waals surface area (Å²) in [7, 11) is 0. The van der Waals surface area contributed by atoms with E-state index >= 15 is 0 Å². The number of unbranched alkanes of at least 4 members (excludes halogenated alkanes) is 7. The molecular weight excluding hydrogens is 374 g/mol. The molecule has 3 aromatic rings. The predicted octanol–water partition coefficient (Wildman–Crippen LogP) is 5.26. The molecule has 0 bridgehead atoms. The van der Waals surface area contributed by atoms with E-state index in [0.29, 0.717) is 6.54 Å². The topological polar surface area (TPSA) is 83.4 Å². The molecule has 0 amide bonds. The minimum Gasteiger partial charge on any atom is -0.508 e. The summed E-state index contributed by atoms with van der Waals surface area (Å²) < 4.78 is 2.19. The molecule has 0 aliphatic rings. The van der Waals surface area contributed by atoms with Gasteiger partial charge in [-0.05, 0) is 49.4 Å². The first-order valence-corrected chi connectivity index (χ1v) is 11.5. The van der Waals surface area contributed by atoms with Crippen LogP contribution in [0.3, 0.4) is 0 Å². The molecule has 5 nitrogen and oxygen atoms in total. The van der Waals surface area contributed by atoms with E-state index in [9.17, 15) is 10.2 Å². The Bertz CT molecular complexity index is 876. The number of aromatic nitrogens is 1. The maximum Gasteiger partial charge on any atom is 0.116 e. The minimum absolute atomic E-state index is 0.0135. The van der Waals surface area contributed by atoms with Crippen molar-refractivity contribution in [1.29, 1.82) is 0 Å². The van der Waals surface area contributed by atoms with Crippen LogP contribution in [0.15, 0.2) is 36.4 Å². The molecule has 0 aliphatic carbocycles. The first kappa shape index (κ1) is 22.4. The number of hydrogen-bond donors (Lipinski definition) is 4. The van der Waals surface area contributed by atoms with E-state index in [4.69, 9.17) is 5.73 Å². The van der Waals surface area contributed by atoms with Gasteiger partial charge in [0, 0.05) is 40.9 Å². The second-order valence-electron chi connectivity index (χ2n) is 8.45. The van der Waals surface area contributed by atoms with E-state index in [1.807, 2.05) is 12.1 Å². The van der Waals surface area contributed by atoms with Crippen molar-refractivity contribution in [3.8, 4) is 11.5 Å². The Hall–Kier alpha value is -2.24.